The van der Waals surface area contributed by atoms with Crippen molar-refractivity contribution in [1.29, 1.82) is 0 Å². The SMILES string of the molecule is C=CCOS(=O)(=O)NN. The van der Waals surface area contributed by atoms with Crippen molar-refractivity contribution in [2.45, 2.75) is 0 Å². The van der Waals surface area contributed by atoms with Gasteiger partial charge in [-0.2, -0.15) is 8.42 Å². The molecule has 0 heterocycles. The Morgan fingerprint density at radius 3 is 2.67 bits per heavy atom. The van der Waals surface area contributed by atoms with Gasteiger partial charge in [-0.25, -0.2) is 0 Å². The Balaban J connectivity index is 3.74. The van der Waals surface area contributed by atoms with Gasteiger partial charge in [0, 0.05) is 0 Å². The van der Waals surface area contributed by atoms with Gasteiger partial charge in [-0.15, -0.1) is 11.4 Å². The van der Waals surface area contributed by atoms with Gasteiger partial charge >= 0.3 is 10.3 Å². The van der Waals surface area contributed by atoms with Gasteiger partial charge in [0.1, 0.15) is 0 Å². The number of hydrogen-bond acceptors (Lipinski definition) is 4. The van der Waals surface area contributed by atoms with E-state index in [1.165, 1.54) is 10.9 Å². The van der Waals surface area contributed by atoms with Gasteiger partial charge in [0.2, 0.25) is 0 Å². The van der Waals surface area contributed by atoms with Crippen LogP contribution in [-0.4, -0.2) is 15.0 Å². The molecule has 0 aliphatic carbocycles. The summed E-state index contributed by atoms with van der Waals surface area (Å²) < 4.78 is 24.6. The summed E-state index contributed by atoms with van der Waals surface area (Å²) in [5.41, 5.74) is 0. The Kier molecular flexibility index (Phi) is 3.40. The highest BCUT2D eigenvalue weighted by Crippen LogP contribution is 1.82. The lowest BCUT2D eigenvalue weighted by atomic mass is 10.7. The number of nitrogens with two attached hydrogens (primary N) is 1. The second-order valence-corrected chi connectivity index (χ2v) is 2.52. The molecule has 0 aromatic carbocycles. The van der Waals surface area contributed by atoms with Crippen LogP contribution in [0, 0.1) is 0 Å². The molecule has 3 N–H and O–H groups in total. The van der Waals surface area contributed by atoms with E-state index in [4.69, 9.17) is 0 Å². The van der Waals surface area contributed by atoms with Crippen LogP contribution in [-0.2, 0) is 14.5 Å². The zero-order valence-electron chi connectivity index (χ0n) is 4.70. The molecule has 9 heavy (non-hydrogen) atoms. The van der Waals surface area contributed by atoms with Crippen LogP contribution in [0.25, 0.3) is 0 Å². The topological polar surface area (TPSA) is 81.4 Å². The third-order valence-corrected chi connectivity index (χ3v) is 1.22. The van der Waals surface area contributed by atoms with E-state index < -0.39 is 10.3 Å². The number of rotatable bonds is 4. The lowest BCUT2D eigenvalue weighted by Gasteiger charge is -1.97. The lowest BCUT2D eigenvalue weighted by molar-refractivity contribution is 0.349. The molecular formula is C3H8N2O3S. The monoisotopic (exact) mass is 152 g/mol. The molecule has 54 valence electrons. The Bertz CT molecular complexity index is 173. The molecule has 0 radical (unpaired) electrons. The largest absolute Gasteiger partial charge is 0.348 e. The average molecular weight is 152 g/mol. The minimum absolute atomic E-state index is 0.0769. The molecule has 0 aromatic rings. The van der Waals surface area contributed by atoms with E-state index in [0.717, 1.165) is 0 Å². The number of hydrazine groups is 1. The predicted molar refractivity (Wildman–Crippen MR) is 32.4 cm³/mol. The first-order valence-corrected chi connectivity index (χ1v) is 3.51. The van der Waals surface area contributed by atoms with E-state index in [0.29, 0.717) is 0 Å². The lowest BCUT2D eigenvalue weighted by Crippen LogP contribution is -2.31. The number of nitrogens with one attached hydrogen (secondary N) is 1. The fourth-order valence-corrected chi connectivity index (χ4v) is 0.515. The second-order valence-electron chi connectivity index (χ2n) is 1.15. The second kappa shape index (κ2) is 3.57. The minimum Gasteiger partial charge on any atom is -0.256 e. The molecule has 0 unspecified atom stereocenters. The third kappa shape index (κ3) is 4.10. The van der Waals surface area contributed by atoms with Crippen molar-refractivity contribution in [3.8, 4) is 0 Å². The van der Waals surface area contributed by atoms with Crippen LogP contribution < -0.4 is 10.7 Å². The molecule has 6 heteroatoms. The van der Waals surface area contributed by atoms with Crippen molar-refractivity contribution in [3.63, 3.8) is 0 Å². The molecule has 0 atom stereocenters. The highest BCUT2D eigenvalue weighted by molar-refractivity contribution is 7.84. The number of hydrogen-bond donors (Lipinski definition) is 2. The van der Waals surface area contributed by atoms with E-state index in [1.54, 1.807) is 0 Å². The first-order chi connectivity index (χ1) is 4.12. The van der Waals surface area contributed by atoms with Crippen molar-refractivity contribution in [2.24, 2.45) is 5.84 Å². The van der Waals surface area contributed by atoms with Crippen LogP contribution in [0.5, 0.6) is 0 Å². The minimum atomic E-state index is -3.73. The van der Waals surface area contributed by atoms with Gasteiger partial charge in [0.25, 0.3) is 0 Å². The Hall–Kier alpha value is -0.430. The molecule has 0 bridgehead atoms. The zero-order valence-corrected chi connectivity index (χ0v) is 5.52. The van der Waals surface area contributed by atoms with Crippen molar-refractivity contribution >= 4 is 10.3 Å². The van der Waals surface area contributed by atoms with Gasteiger partial charge in [-0.05, 0) is 0 Å². The van der Waals surface area contributed by atoms with Gasteiger partial charge in [-0.3, -0.25) is 10.0 Å². The van der Waals surface area contributed by atoms with Crippen molar-refractivity contribution in [1.82, 2.24) is 4.83 Å². The quantitative estimate of drug-likeness (QED) is 0.304. The summed E-state index contributed by atoms with van der Waals surface area (Å²) in [4.78, 5) is 1.48. The molecule has 0 spiro atoms. The van der Waals surface area contributed by atoms with Crippen LogP contribution in [0.15, 0.2) is 12.7 Å². The summed E-state index contributed by atoms with van der Waals surface area (Å²) in [6.45, 7) is 3.16. The van der Waals surface area contributed by atoms with Gasteiger partial charge in [-0.1, -0.05) is 6.08 Å². The molecule has 5 nitrogen and oxygen atoms in total. The summed E-state index contributed by atoms with van der Waals surface area (Å²) in [7, 11) is -3.73. The molecule has 0 fully saturated rings. The van der Waals surface area contributed by atoms with E-state index in [2.05, 4.69) is 16.6 Å². The normalized spacial score (nSPS) is 11.2. The maximum atomic E-state index is 10.3. The molecule has 0 aliphatic heterocycles. The van der Waals surface area contributed by atoms with Crippen LogP contribution in [0.4, 0.5) is 0 Å². The maximum Gasteiger partial charge on any atom is 0.348 e. The molecule has 0 rings (SSSR count). The van der Waals surface area contributed by atoms with E-state index in [9.17, 15) is 8.42 Å². The van der Waals surface area contributed by atoms with Crippen molar-refractivity contribution in [2.75, 3.05) is 6.61 Å². The summed E-state index contributed by atoms with van der Waals surface area (Å²) in [5.74, 6) is 4.55. The molecule has 0 aliphatic rings. The smallest absolute Gasteiger partial charge is 0.256 e. The summed E-state index contributed by atoms with van der Waals surface area (Å²) in [6, 6.07) is 0. The van der Waals surface area contributed by atoms with E-state index in [-0.39, 0.29) is 6.61 Å². The summed E-state index contributed by atoms with van der Waals surface area (Å²) in [6.07, 6.45) is 1.30. The zero-order chi connectivity index (χ0) is 7.33. The van der Waals surface area contributed by atoms with Crippen molar-refractivity contribution in [3.05, 3.63) is 12.7 Å². The van der Waals surface area contributed by atoms with Gasteiger partial charge in [0.15, 0.2) is 0 Å². The Morgan fingerprint density at radius 2 is 2.33 bits per heavy atom. The molecular weight excluding hydrogens is 144 g/mol. The van der Waals surface area contributed by atoms with Crippen LogP contribution in [0.1, 0.15) is 0 Å². The van der Waals surface area contributed by atoms with Crippen LogP contribution in [0.3, 0.4) is 0 Å². The molecule has 0 aromatic heterocycles. The predicted octanol–water partition coefficient (Wildman–Crippen LogP) is -1.10. The summed E-state index contributed by atoms with van der Waals surface area (Å²) >= 11 is 0. The van der Waals surface area contributed by atoms with Crippen molar-refractivity contribution < 1.29 is 12.6 Å². The van der Waals surface area contributed by atoms with E-state index >= 15 is 0 Å². The fraction of sp³-hybridized carbons (Fsp3) is 0.333. The third-order valence-electron chi connectivity index (χ3n) is 0.485. The Morgan fingerprint density at radius 1 is 1.78 bits per heavy atom. The average Bonchev–Trinajstić information content (AvgIpc) is 1.84. The summed E-state index contributed by atoms with van der Waals surface area (Å²) in [5, 5.41) is 0. The highest BCUT2D eigenvalue weighted by atomic mass is 32.2. The highest BCUT2D eigenvalue weighted by Gasteiger charge is 2.03. The molecule has 0 saturated heterocycles. The first-order valence-electron chi connectivity index (χ1n) is 2.10. The molecule has 0 saturated carbocycles. The van der Waals surface area contributed by atoms with Crippen LogP contribution in [0.2, 0.25) is 0 Å². The molecule has 0 amide bonds. The van der Waals surface area contributed by atoms with Gasteiger partial charge in [0.05, 0.1) is 6.61 Å². The Labute approximate surface area is 53.7 Å². The van der Waals surface area contributed by atoms with Crippen LogP contribution >= 0.6 is 0 Å². The standard InChI is InChI=1S/C3H8N2O3S/c1-2-3-8-9(6,7)5-4/h2,5H,1,3-4H2. The first kappa shape index (κ1) is 8.57. The fourth-order valence-electron chi connectivity index (χ4n) is 0.172. The maximum absolute atomic E-state index is 10.3. The van der Waals surface area contributed by atoms with E-state index in [1.807, 2.05) is 0 Å². The van der Waals surface area contributed by atoms with Gasteiger partial charge < -0.3 is 0 Å².